The van der Waals surface area contributed by atoms with E-state index >= 15 is 0 Å². The van der Waals surface area contributed by atoms with Gasteiger partial charge >= 0.3 is 0 Å². The molecule has 0 saturated carbocycles. The van der Waals surface area contributed by atoms with Crippen molar-refractivity contribution in [3.8, 4) is 16.9 Å². The summed E-state index contributed by atoms with van der Waals surface area (Å²) in [6.45, 7) is 7.37. The Morgan fingerprint density at radius 1 is 1.30 bits per heavy atom. The van der Waals surface area contributed by atoms with E-state index < -0.39 is 5.66 Å². The van der Waals surface area contributed by atoms with Crippen LogP contribution in [0.4, 0.5) is 5.82 Å². The molecule has 37 heavy (non-hydrogen) atoms. The van der Waals surface area contributed by atoms with Gasteiger partial charge in [0.1, 0.15) is 22.9 Å². The van der Waals surface area contributed by atoms with E-state index in [-0.39, 0.29) is 17.4 Å². The summed E-state index contributed by atoms with van der Waals surface area (Å²) in [6, 6.07) is 5.09. The van der Waals surface area contributed by atoms with Crippen molar-refractivity contribution in [1.82, 2.24) is 14.5 Å². The number of carbonyl (C=O) groups excluding carboxylic acids is 1. The predicted octanol–water partition coefficient (Wildman–Crippen LogP) is 4.09. The summed E-state index contributed by atoms with van der Waals surface area (Å²) in [6.07, 6.45) is 4.95. The van der Waals surface area contributed by atoms with E-state index in [0.717, 1.165) is 22.3 Å². The monoisotopic (exact) mass is 522 g/mol. The highest BCUT2D eigenvalue weighted by Crippen LogP contribution is 2.44. The predicted molar refractivity (Wildman–Crippen MR) is 147 cm³/mol. The van der Waals surface area contributed by atoms with Crippen molar-refractivity contribution in [2.45, 2.75) is 39.4 Å². The highest BCUT2D eigenvalue weighted by Gasteiger charge is 2.33. The van der Waals surface area contributed by atoms with Crippen LogP contribution in [0.3, 0.4) is 0 Å². The van der Waals surface area contributed by atoms with Gasteiger partial charge < -0.3 is 25.3 Å². The average molecular weight is 523 g/mol. The molecule has 0 fully saturated rings. The molecule has 1 aliphatic heterocycles. The number of carbonyl (C=O) groups is 1. The van der Waals surface area contributed by atoms with Crippen molar-refractivity contribution < 1.29 is 9.53 Å². The summed E-state index contributed by atoms with van der Waals surface area (Å²) in [7, 11) is 4.97. The van der Waals surface area contributed by atoms with E-state index in [0.29, 0.717) is 33.4 Å². The minimum Gasteiger partial charge on any atom is -0.496 e. The van der Waals surface area contributed by atoms with Crippen molar-refractivity contribution in [1.29, 1.82) is 0 Å². The van der Waals surface area contributed by atoms with Gasteiger partial charge in [0.25, 0.3) is 5.91 Å². The molecular weight excluding hydrogens is 492 g/mol. The SMILES string of the molecule is COc1c(C(C)n2cc(C)c(=O)c3c2NC=N[C@]3(C)N)cc(Cl)c(C)c1-c1ccc(C(=O)N(C)C)nc1. The summed E-state index contributed by atoms with van der Waals surface area (Å²) in [4.78, 5) is 35.5. The standard InChI is InChI=1S/C27H31ClN6O3/c1-14-12-34(25-22(23(14)35)27(4,29)32-13-31-25)16(3)18-10-19(28)15(2)21(24(18)37-7)17-8-9-20(30-11-17)26(36)33(5)6/h8-13,16H,29H2,1-7H3,(H,31,32)/t16?,27-/m0/s1. The number of ether oxygens (including phenoxy) is 1. The molecule has 1 aliphatic rings. The fraction of sp³-hybridized carbons (Fsp3) is 0.333. The van der Waals surface area contributed by atoms with E-state index in [1.807, 2.05) is 30.5 Å². The smallest absolute Gasteiger partial charge is 0.271 e. The number of amides is 1. The van der Waals surface area contributed by atoms with Crippen LogP contribution in [0.25, 0.3) is 11.1 Å². The fourth-order valence-electron chi connectivity index (χ4n) is 4.65. The average Bonchev–Trinajstić information content (AvgIpc) is 2.86. The van der Waals surface area contributed by atoms with E-state index in [4.69, 9.17) is 22.1 Å². The molecular formula is C27H31ClN6O3. The zero-order valence-electron chi connectivity index (χ0n) is 22.0. The highest BCUT2D eigenvalue weighted by atomic mass is 35.5. The maximum atomic E-state index is 13.0. The molecule has 0 radical (unpaired) electrons. The Bertz CT molecular complexity index is 1480. The summed E-state index contributed by atoms with van der Waals surface area (Å²) in [5.41, 5.74) is 9.51. The molecule has 3 heterocycles. The molecule has 3 aromatic rings. The number of aryl methyl sites for hydroxylation is 1. The summed E-state index contributed by atoms with van der Waals surface area (Å²) in [5.74, 6) is 1.00. The molecule has 0 aliphatic carbocycles. The molecule has 2 atom stereocenters. The number of methoxy groups -OCH3 is 1. The quantitative estimate of drug-likeness (QED) is 0.521. The number of halogens is 1. The maximum Gasteiger partial charge on any atom is 0.271 e. The Labute approximate surface area is 220 Å². The Hall–Kier alpha value is -3.69. The molecule has 0 saturated heterocycles. The number of aromatic nitrogens is 2. The number of fused-ring (bicyclic) bond motifs is 1. The number of hydrogen-bond donors (Lipinski definition) is 2. The first-order chi connectivity index (χ1) is 17.4. The van der Waals surface area contributed by atoms with Crippen molar-refractivity contribution >= 4 is 29.7 Å². The molecule has 194 valence electrons. The van der Waals surface area contributed by atoms with Gasteiger partial charge in [-0.3, -0.25) is 14.6 Å². The lowest BCUT2D eigenvalue weighted by Gasteiger charge is -2.32. The molecule has 2 aromatic heterocycles. The lowest BCUT2D eigenvalue weighted by atomic mass is 9.93. The van der Waals surface area contributed by atoms with Crippen LogP contribution in [0, 0.1) is 13.8 Å². The number of nitrogens with zero attached hydrogens (tertiary/aromatic N) is 4. The van der Waals surface area contributed by atoms with Gasteiger partial charge in [0.15, 0.2) is 5.43 Å². The van der Waals surface area contributed by atoms with E-state index in [9.17, 15) is 9.59 Å². The van der Waals surface area contributed by atoms with Gasteiger partial charge in [-0.2, -0.15) is 0 Å². The van der Waals surface area contributed by atoms with Crippen LogP contribution in [0.1, 0.15) is 52.6 Å². The van der Waals surface area contributed by atoms with Gasteiger partial charge in [0.2, 0.25) is 0 Å². The summed E-state index contributed by atoms with van der Waals surface area (Å²) < 4.78 is 7.91. The Morgan fingerprint density at radius 3 is 2.59 bits per heavy atom. The van der Waals surface area contributed by atoms with Crippen LogP contribution >= 0.6 is 11.6 Å². The normalized spacial score (nSPS) is 17.1. The minimum atomic E-state index is -1.16. The Morgan fingerprint density at radius 2 is 2.00 bits per heavy atom. The topological polar surface area (TPSA) is 115 Å². The van der Waals surface area contributed by atoms with Crippen molar-refractivity contribution in [3.63, 3.8) is 0 Å². The largest absolute Gasteiger partial charge is 0.496 e. The van der Waals surface area contributed by atoms with E-state index in [2.05, 4.69) is 15.3 Å². The second kappa shape index (κ2) is 9.64. The molecule has 0 bridgehead atoms. The third-order valence-corrected chi connectivity index (χ3v) is 7.10. The van der Waals surface area contributed by atoms with Crippen molar-refractivity contribution in [3.05, 3.63) is 73.8 Å². The fourth-order valence-corrected chi connectivity index (χ4v) is 4.86. The highest BCUT2D eigenvalue weighted by molar-refractivity contribution is 6.32. The molecule has 4 rings (SSSR count). The van der Waals surface area contributed by atoms with Gasteiger partial charge in [-0.15, -0.1) is 0 Å². The van der Waals surface area contributed by atoms with E-state index in [1.54, 1.807) is 53.5 Å². The number of anilines is 1. The number of rotatable bonds is 5. The molecule has 1 amide bonds. The number of benzene rings is 1. The molecule has 9 nitrogen and oxygen atoms in total. The number of pyridine rings is 2. The number of nitrogens with two attached hydrogens (primary N) is 1. The van der Waals surface area contributed by atoms with Crippen LogP contribution in [-0.4, -0.2) is 47.9 Å². The van der Waals surface area contributed by atoms with Gasteiger partial charge in [-0.05, 0) is 45.4 Å². The summed E-state index contributed by atoms with van der Waals surface area (Å²) >= 11 is 6.75. The van der Waals surface area contributed by atoms with Gasteiger partial charge in [-0.1, -0.05) is 17.7 Å². The van der Waals surface area contributed by atoms with Gasteiger partial charge in [-0.25, -0.2) is 4.99 Å². The molecule has 1 aromatic carbocycles. The van der Waals surface area contributed by atoms with Crippen molar-refractivity contribution in [2.75, 3.05) is 26.5 Å². The second-order valence-corrected chi connectivity index (χ2v) is 10.0. The second-order valence-electron chi connectivity index (χ2n) is 9.61. The van der Waals surface area contributed by atoms with Crippen LogP contribution in [0.5, 0.6) is 5.75 Å². The zero-order chi connectivity index (χ0) is 27.2. The van der Waals surface area contributed by atoms with Crippen LogP contribution in [0.15, 0.2) is 40.4 Å². The first-order valence-corrected chi connectivity index (χ1v) is 12.2. The zero-order valence-corrected chi connectivity index (χ0v) is 22.8. The first-order valence-electron chi connectivity index (χ1n) is 11.8. The third kappa shape index (κ3) is 4.49. The van der Waals surface area contributed by atoms with Crippen LogP contribution < -0.4 is 21.2 Å². The molecule has 1 unspecified atom stereocenters. The number of aliphatic imine (C=N–C) groups is 1. The Kier molecular flexibility index (Phi) is 6.87. The van der Waals surface area contributed by atoms with E-state index in [1.165, 1.54) is 11.2 Å². The lowest BCUT2D eigenvalue weighted by molar-refractivity contribution is 0.0822. The lowest BCUT2D eigenvalue weighted by Crippen LogP contribution is -2.42. The number of hydrogen-bond acceptors (Lipinski definition) is 7. The third-order valence-electron chi connectivity index (χ3n) is 6.71. The molecule has 3 N–H and O–H groups in total. The maximum absolute atomic E-state index is 13.0. The Balaban J connectivity index is 1.91. The number of nitrogens with one attached hydrogen (secondary N) is 1. The van der Waals surface area contributed by atoms with Gasteiger partial charge in [0.05, 0.1) is 25.1 Å². The molecule has 10 heteroatoms. The van der Waals surface area contributed by atoms with Gasteiger partial charge in [0, 0.05) is 53.8 Å². The first kappa shape index (κ1) is 26.4. The molecule has 0 spiro atoms. The summed E-state index contributed by atoms with van der Waals surface area (Å²) in [5, 5.41) is 3.66. The van der Waals surface area contributed by atoms with Crippen LogP contribution in [0.2, 0.25) is 5.02 Å². The minimum absolute atomic E-state index is 0.152. The van der Waals surface area contributed by atoms with Crippen molar-refractivity contribution in [2.24, 2.45) is 10.7 Å². The van der Waals surface area contributed by atoms with Crippen LogP contribution in [-0.2, 0) is 5.66 Å².